The van der Waals surface area contributed by atoms with Crippen molar-refractivity contribution in [2.75, 3.05) is 42.3 Å². The summed E-state index contributed by atoms with van der Waals surface area (Å²) in [6.07, 6.45) is 5.29. The van der Waals surface area contributed by atoms with E-state index in [4.69, 9.17) is 0 Å². The minimum absolute atomic E-state index is 0.190. The summed E-state index contributed by atoms with van der Waals surface area (Å²) in [6.45, 7) is 1.96. The maximum atomic E-state index is 12.6. The van der Waals surface area contributed by atoms with Crippen LogP contribution < -0.4 is 15.1 Å². The van der Waals surface area contributed by atoms with Crippen LogP contribution in [0.3, 0.4) is 0 Å². The molecule has 3 rings (SSSR count). The molecule has 0 bridgehead atoms. The van der Waals surface area contributed by atoms with Crippen molar-refractivity contribution in [1.82, 2.24) is 9.97 Å². The predicted octanol–water partition coefficient (Wildman–Crippen LogP) is 3.55. The van der Waals surface area contributed by atoms with Crippen LogP contribution in [0.2, 0.25) is 0 Å². The Morgan fingerprint density at radius 2 is 1.92 bits per heavy atom. The first-order chi connectivity index (χ1) is 12.1. The molecule has 132 valence electrons. The highest BCUT2D eigenvalue weighted by Gasteiger charge is 2.18. The zero-order chi connectivity index (χ0) is 17.8. The number of nitrogens with zero attached hydrogens (tertiary/aromatic N) is 4. The van der Waals surface area contributed by atoms with E-state index in [9.17, 15) is 4.79 Å². The maximum Gasteiger partial charge on any atom is 0.256 e. The molecule has 7 heteroatoms. The second kappa shape index (κ2) is 7.82. The third-order valence-electron chi connectivity index (χ3n) is 4.19. The average molecular weight is 404 g/mol. The van der Waals surface area contributed by atoms with Crippen LogP contribution in [-0.4, -0.2) is 43.1 Å². The topological polar surface area (TPSA) is 61.4 Å². The SMILES string of the molecule is CN(C)c1nc(N2CCCCC2)ncc1NC(=O)c1ccccc1Br. The number of nitrogens with one attached hydrogen (secondary N) is 1. The van der Waals surface area contributed by atoms with Gasteiger partial charge < -0.3 is 15.1 Å². The summed E-state index contributed by atoms with van der Waals surface area (Å²) in [5.74, 6) is 1.24. The van der Waals surface area contributed by atoms with Crippen molar-refractivity contribution in [2.45, 2.75) is 19.3 Å². The largest absolute Gasteiger partial charge is 0.361 e. The van der Waals surface area contributed by atoms with E-state index in [1.54, 1.807) is 12.3 Å². The van der Waals surface area contributed by atoms with Crippen molar-refractivity contribution >= 4 is 39.3 Å². The van der Waals surface area contributed by atoms with Crippen molar-refractivity contribution in [3.05, 3.63) is 40.5 Å². The molecule has 1 N–H and O–H groups in total. The Morgan fingerprint density at radius 3 is 2.60 bits per heavy atom. The van der Waals surface area contributed by atoms with Gasteiger partial charge in [0.05, 0.1) is 11.8 Å². The van der Waals surface area contributed by atoms with Gasteiger partial charge in [-0.2, -0.15) is 4.98 Å². The second-order valence-electron chi connectivity index (χ2n) is 6.28. The van der Waals surface area contributed by atoms with Gasteiger partial charge in [0, 0.05) is 31.7 Å². The zero-order valence-corrected chi connectivity index (χ0v) is 16.1. The number of hydrogen-bond acceptors (Lipinski definition) is 5. The van der Waals surface area contributed by atoms with Crippen LogP contribution in [0.5, 0.6) is 0 Å². The Hall–Kier alpha value is -2.15. The number of amides is 1. The molecule has 0 radical (unpaired) electrons. The summed E-state index contributed by atoms with van der Waals surface area (Å²) >= 11 is 3.41. The molecule has 0 unspecified atom stereocenters. The summed E-state index contributed by atoms with van der Waals surface area (Å²) in [5, 5.41) is 2.93. The molecule has 1 aliphatic heterocycles. The molecule has 1 aromatic carbocycles. The van der Waals surface area contributed by atoms with Crippen LogP contribution in [0.25, 0.3) is 0 Å². The van der Waals surface area contributed by atoms with E-state index in [1.165, 1.54) is 19.3 Å². The van der Waals surface area contributed by atoms with E-state index in [0.717, 1.165) is 23.5 Å². The molecule has 2 heterocycles. The minimum atomic E-state index is -0.190. The summed E-state index contributed by atoms with van der Waals surface area (Å²) in [5.41, 5.74) is 1.18. The highest BCUT2D eigenvalue weighted by molar-refractivity contribution is 9.10. The summed E-state index contributed by atoms with van der Waals surface area (Å²) in [7, 11) is 3.83. The van der Waals surface area contributed by atoms with Crippen LogP contribution in [-0.2, 0) is 0 Å². The number of anilines is 3. The molecule has 1 saturated heterocycles. The van der Waals surface area contributed by atoms with Gasteiger partial charge in [-0.1, -0.05) is 12.1 Å². The number of aromatic nitrogens is 2. The molecular formula is C18H22BrN5O. The number of hydrogen-bond donors (Lipinski definition) is 1. The van der Waals surface area contributed by atoms with Crippen LogP contribution in [0, 0.1) is 0 Å². The fourth-order valence-corrected chi connectivity index (χ4v) is 3.34. The molecule has 1 fully saturated rings. The standard InChI is InChI=1S/C18H22BrN5O/c1-23(2)16-15(21-17(25)13-8-4-5-9-14(13)19)12-20-18(22-16)24-10-6-3-7-11-24/h4-5,8-9,12H,3,6-7,10-11H2,1-2H3,(H,21,25). The number of halogens is 1. The molecule has 1 amide bonds. The van der Waals surface area contributed by atoms with E-state index in [2.05, 4.69) is 36.1 Å². The van der Waals surface area contributed by atoms with Gasteiger partial charge in [0.15, 0.2) is 5.82 Å². The smallest absolute Gasteiger partial charge is 0.256 e. The Morgan fingerprint density at radius 1 is 1.20 bits per heavy atom. The Bertz CT molecular complexity index is 759. The van der Waals surface area contributed by atoms with Gasteiger partial charge in [-0.15, -0.1) is 0 Å². The fraction of sp³-hybridized carbons (Fsp3) is 0.389. The van der Waals surface area contributed by atoms with Gasteiger partial charge in [-0.05, 0) is 47.3 Å². The first-order valence-electron chi connectivity index (χ1n) is 8.41. The molecule has 0 saturated carbocycles. The molecule has 1 aromatic heterocycles. The molecule has 1 aliphatic rings. The lowest BCUT2D eigenvalue weighted by molar-refractivity contribution is 0.102. The number of benzene rings is 1. The van der Waals surface area contributed by atoms with Crippen molar-refractivity contribution in [3.63, 3.8) is 0 Å². The van der Waals surface area contributed by atoms with Gasteiger partial charge in [0.25, 0.3) is 5.91 Å². The Balaban J connectivity index is 1.85. The van der Waals surface area contributed by atoms with Crippen LogP contribution in [0.1, 0.15) is 29.6 Å². The Labute approximate surface area is 156 Å². The number of rotatable bonds is 4. The quantitative estimate of drug-likeness (QED) is 0.845. The molecule has 6 nitrogen and oxygen atoms in total. The summed E-state index contributed by atoms with van der Waals surface area (Å²) in [6, 6.07) is 7.33. The zero-order valence-electron chi connectivity index (χ0n) is 14.5. The summed E-state index contributed by atoms with van der Waals surface area (Å²) < 4.78 is 0.754. The first-order valence-corrected chi connectivity index (χ1v) is 9.21. The van der Waals surface area contributed by atoms with E-state index >= 15 is 0 Å². The van der Waals surface area contributed by atoms with Crippen LogP contribution in [0.4, 0.5) is 17.5 Å². The van der Waals surface area contributed by atoms with E-state index < -0.39 is 0 Å². The highest BCUT2D eigenvalue weighted by atomic mass is 79.9. The second-order valence-corrected chi connectivity index (χ2v) is 7.14. The molecule has 0 atom stereocenters. The third kappa shape index (κ3) is 4.10. The predicted molar refractivity (Wildman–Crippen MR) is 105 cm³/mol. The van der Waals surface area contributed by atoms with E-state index in [-0.39, 0.29) is 5.91 Å². The lowest BCUT2D eigenvalue weighted by Crippen LogP contribution is -2.31. The van der Waals surface area contributed by atoms with Gasteiger partial charge in [0.1, 0.15) is 5.69 Å². The minimum Gasteiger partial charge on any atom is -0.361 e. The van der Waals surface area contributed by atoms with E-state index in [0.29, 0.717) is 17.1 Å². The normalized spacial score (nSPS) is 14.3. The molecular weight excluding hydrogens is 382 g/mol. The van der Waals surface area contributed by atoms with Crippen molar-refractivity contribution in [2.24, 2.45) is 0 Å². The van der Waals surface area contributed by atoms with Crippen molar-refractivity contribution in [3.8, 4) is 0 Å². The van der Waals surface area contributed by atoms with Crippen molar-refractivity contribution < 1.29 is 4.79 Å². The molecule has 0 aliphatic carbocycles. The lowest BCUT2D eigenvalue weighted by Gasteiger charge is -2.28. The molecule has 25 heavy (non-hydrogen) atoms. The lowest BCUT2D eigenvalue weighted by atomic mass is 10.1. The van der Waals surface area contributed by atoms with Crippen molar-refractivity contribution in [1.29, 1.82) is 0 Å². The first kappa shape index (κ1) is 17.7. The highest BCUT2D eigenvalue weighted by Crippen LogP contribution is 2.26. The van der Waals surface area contributed by atoms with Gasteiger partial charge in [-0.25, -0.2) is 4.98 Å². The third-order valence-corrected chi connectivity index (χ3v) is 4.88. The van der Waals surface area contributed by atoms with Gasteiger partial charge in [0.2, 0.25) is 5.95 Å². The molecule has 2 aromatic rings. The van der Waals surface area contributed by atoms with Crippen LogP contribution >= 0.6 is 15.9 Å². The average Bonchev–Trinajstić information content (AvgIpc) is 2.63. The monoisotopic (exact) mass is 403 g/mol. The van der Waals surface area contributed by atoms with Crippen LogP contribution in [0.15, 0.2) is 34.9 Å². The van der Waals surface area contributed by atoms with Gasteiger partial charge in [-0.3, -0.25) is 4.79 Å². The molecule has 0 spiro atoms. The van der Waals surface area contributed by atoms with Gasteiger partial charge >= 0.3 is 0 Å². The number of carbonyl (C=O) groups excluding carboxylic acids is 1. The maximum absolute atomic E-state index is 12.6. The van der Waals surface area contributed by atoms with E-state index in [1.807, 2.05) is 37.2 Å². The fourth-order valence-electron chi connectivity index (χ4n) is 2.87. The number of piperidine rings is 1. The number of carbonyl (C=O) groups is 1. The summed E-state index contributed by atoms with van der Waals surface area (Å²) in [4.78, 5) is 25.8. The Kier molecular flexibility index (Phi) is 5.53.